The monoisotopic (exact) mass is 566 g/mol. The van der Waals surface area contributed by atoms with Crippen LogP contribution in [-0.4, -0.2) is 61.5 Å². The van der Waals surface area contributed by atoms with Crippen LogP contribution in [0.4, 0.5) is 24.9 Å². The average Bonchev–Trinajstić information content (AvgIpc) is 3.39. The molecule has 1 saturated heterocycles. The van der Waals surface area contributed by atoms with Crippen molar-refractivity contribution in [2.24, 2.45) is 5.92 Å². The Hall–Kier alpha value is -4.22. The Kier molecular flexibility index (Phi) is 8.36. The maximum absolute atomic E-state index is 13.1. The number of halogens is 3. The topological polar surface area (TPSA) is 92.1 Å². The van der Waals surface area contributed by atoms with Crippen LogP contribution in [0.15, 0.2) is 55.1 Å². The van der Waals surface area contributed by atoms with E-state index in [1.807, 2.05) is 35.8 Å². The molecular formula is C29H33F3N8O. The lowest BCUT2D eigenvalue weighted by atomic mass is 9.96. The standard InChI is InChI=1S/C29H33F3N8O/c1-3-38(4-2)27(41)22-8-6-14-39(18-22)28-36-25(34-16-21-7-5-13-33-15-21)24-26(37-28)40(19-35-24)17-20-9-11-23(12-10-20)29(30,31)32/h5,7,9-13,15,19,22H,3-4,6,8,14,16-18H2,1-2H3,(H,34,36,37). The molecule has 0 saturated carbocycles. The smallest absolute Gasteiger partial charge is 0.364 e. The highest BCUT2D eigenvalue weighted by Crippen LogP contribution is 2.30. The van der Waals surface area contributed by atoms with Gasteiger partial charge >= 0.3 is 6.18 Å². The van der Waals surface area contributed by atoms with Crippen molar-refractivity contribution in [2.45, 2.75) is 46.0 Å². The summed E-state index contributed by atoms with van der Waals surface area (Å²) in [5.41, 5.74) is 2.07. The molecule has 1 aliphatic heterocycles. The molecule has 41 heavy (non-hydrogen) atoms. The average molecular weight is 567 g/mol. The summed E-state index contributed by atoms with van der Waals surface area (Å²) in [6.07, 6.45) is 2.35. The Balaban J connectivity index is 1.47. The van der Waals surface area contributed by atoms with Gasteiger partial charge in [-0.15, -0.1) is 0 Å². The first-order valence-electron chi connectivity index (χ1n) is 13.8. The summed E-state index contributed by atoms with van der Waals surface area (Å²) in [4.78, 5) is 35.5. The summed E-state index contributed by atoms with van der Waals surface area (Å²) < 4.78 is 41.0. The predicted molar refractivity (Wildman–Crippen MR) is 150 cm³/mol. The van der Waals surface area contributed by atoms with E-state index in [4.69, 9.17) is 9.97 Å². The number of anilines is 2. The molecule has 5 rings (SSSR count). The number of carbonyl (C=O) groups is 1. The zero-order valence-electron chi connectivity index (χ0n) is 23.1. The second kappa shape index (κ2) is 12.1. The van der Waals surface area contributed by atoms with Gasteiger partial charge in [0.2, 0.25) is 11.9 Å². The highest BCUT2D eigenvalue weighted by Gasteiger charge is 2.31. The first-order valence-corrected chi connectivity index (χ1v) is 13.8. The van der Waals surface area contributed by atoms with Gasteiger partial charge in [-0.25, -0.2) is 4.98 Å². The number of aromatic nitrogens is 5. The first kappa shape index (κ1) is 28.3. The number of nitrogens with one attached hydrogen (secondary N) is 1. The van der Waals surface area contributed by atoms with Gasteiger partial charge in [0.05, 0.1) is 24.4 Å². The van der Waals surface area contributed by atoms with Gasteiger partial charge < -0.3 is 19.7 Å². The Morgan fingerprint density at radius 1 is 1.10 bits per heavy atom. The van der Waals surface area contributed by atoms with E-state index in [0.717, 1.165) is 30.5 Å². The maximum atomic E-state index is 13.1. The van der Waals surface area contributed by atoms with Gasteiger partial charge in [-0.2, -0.15) is 23.1 Å². The van der Waals surface area contributed by atoms with E-state index in [9.17, 15) is 18.0 Å². The van der Waals surface area contributed by atoms with Gasteiger partial charge in [0.1, 0.15) is 0 Å². The SMILES string of the molecule is CCN(CC)C(=O)C1CCCN(c2nc(NCc3cccnc3)c3ncn(Cc4ccc(C(F)(F)F)cc4)c3n2)C1. The maximum Gasteiger partial charge on any atom is 0.416 e. The minimum absolute atomic E-state index is 0.142. The zero-order valence-corrected chi connectivity index (χ0v) is 23.1. The third kappa shape index (κ3) is 6.41. The van der Waals surface area contributed by atoms with Crippen molar-refractivity contribution >= 4 is 28.8 Å². The van der Waals surface area contributed by atoms with E-state index in [1.165, 1.54) is 12.1 Å². The van der Waals surface area contributed by atoms with Gasteiger partial charge in [-0.1, -0.05) is 18.2 Å². The number of fused-ring (bicyclic) bond motifs is 1. The number of piperidine rings is 1. The number of benzene rings is 1. The largest absolute Gasteiger partial charge is 0.416 e. The number of rotatable bonds is 9. The molecule has 4 heterocycles. The van der Waals surface area contributed by atoms with Crippen molar-refractivity contribution in [3.8, 4) is 0 Å². The number of amides is 1. The third-order valence-electron chi connectivity index (χ3n) is 7.40. The molecule has 1 fully saturated rings. The minimum Gasteiger partial charge on any atom is -0.364 e. The van der Waals surface area contributed by atoms with Crippen molar-refractivity contribution in [1.29, 1.82) is 0 Å². The van der Waals surface area contributed by atoms with Gasteiger partial charge in [0.25, 0.3) is 0 Å². The lowest BCUT2D eigenvalue weighted by Crippen LogP contribution is -2.45. The molecular weight excluding hydrogens is 533 g/mol. The number of imidazole rings is 1. The summed E-state index contributed by atoms with van der Waals surface area (Å²) in [6, 6.07) is 8.90. The Labute approximate surface area is 236 Å². The van der Waals surface area contributed by atoms with Gasteiger partial charge in [-0.05, 0) is 56.0 Å². The van der Waals surface area contributed by atoms with E-state index in [-0.39, 0.29) is 18.4 Å². The normalized spacial score (nSPS) is 15.7. The summed E-state index contributed by atoms with van der Waals surface area (Å²) in [5.74, 6) is 1.02. The van der Waals surface area contributed by atoms with Crippen LogP contribution in [0.3, 0.4) is 0 Å². The van der Waals surface area contributed by atoms with Crippen molar-refractivity contribution in [3.63, 3.8) is 0 Å². The second-order valence-corrected chi connectivity index (χ2v) is 10.1. The quantitative estimate of drug-likeness (QED) is 0.305. The number of pyridine rings is 1. The zero-order chi connectivity index (χ0) is 29.0. The predicted octanol–water partition coefficient (Wildman–Crippen LogP) is 4.99. The summed E-state index contributed by atoms with van der Waals surface area (Å²) in [5, 5.41) is 3.36. The van der Waals surface area contributed by atoms with E-state index in [1.54, 1.807) is 23.3 Å². The van der Waals surface area contributed by atoms with Crippen LogP contribution in [-0.2, 0) is 24.1 Å². The molecule has 216 valence electrons. The molecule has 1 amide bonds. The summed E-state index contributed by atoms with van der Waals surface area (Å²) in [7, 11) is 0. The number of carbonyl (C=O) groups excluding carboxylic acids is 1. The number of nitrogens with zero attached hydrogens (tertiary/aromatic N) is 7. The molecule has 0 bridgehead atoms. The molecule has 9 nitrogen and oxygen atoms in total. The Morgan fingerprint density at radius 3 is 2.56 bits per heavy atom. The van der Waals surface area contributed by atoms with Gasteiger partial charge in [0, 0.05) is 45.1 Å². The fourth-order valence-corrected chi connectivity index (χ4v) is 5.15. The van der Waals surface area contributed by atoms with Crippen LogP contribution in [0.25, 0.3) is 11.2 Å². The van der Waals surface area contributed by atoms with Crippen LogP contribution in [0.2, 0.25) is 0 Å². The van der Waals surface area contributed by atoms with E-state index < -0.39 is 11.7 Å². The molecule has 1 N–H and O–H groups in total. The van der Waals surface area contributed by atoms with Gasteiger partial charge in [-0.3, -0.25) is 9.78 Å². The van der Waals surface area contributed by atoms with Crippen molar-refractivity contribution < 1.29 is 18.0 Å². The molecule has 1 aliphatic rings. The third-order valence-corrected chi connectivity index (χ3v) is 7.40. The fraction of sp³-hybridized carbons (Fsp3) is 0.414. The number of alkyl halides is 3. The highest BCUT2D eigenvalue weighted by atomic mass is 19.4. The fourth-order valence-electron chi connectivity index (χ4n) is 5.15. The van der Waals surface area contributed by atoms with Crippen LogP contribution in [0.1, 0.15) is 43.4 Å². The Morgan fingerprint density at radius 2 is 1.88 bits per heavy atom. The molecule has 1 atom stereocenters. The van der Waals surface area contributed by atoms with Crippen LogP contribution in [0, 0.1) is 5.92 Å². The molecule has 0 spiro atoms. The second-order valence-electron chi connectivity index (χ2n) is 10.1. The highest BCUT2D eigenvalue weighted by molar-refractivity contribution is 5.85. The van der Waals surface area contributed by atoms with E-state index in [2.05, 4.69) is 15.3 Å². The van der Waals surface area contributed by atoms with Crippen LogP contribution in [0.5, 0.6) is 0 Å². The van der Waals surface area contributed by atoms with Gasteiger partial charge in [0.15, 0.2) is 17.0 Å². The van der Waals surface area contributed by atoms with Crippen LogP contribution < -0.4 is 10.2 Å². The van der Waals surface area contributed by atoms with Crippen LogP contribution >= 0.6 is 0 Å². The molecule has 1 aromatic carbocycles. The molecule has 1 unspecified atom stereocenters. The van der Waals surface area contributed by atoms with E-state index >= 15 is 0 Å². The molecule has 0 aliphatic carbocycles. The number of hydrogen-bond donors (Lipinski definition) is 1. The lowest BCUT2D eigenvalue weighted by molar-refractivity contribution is -0.137. The lowest BCUT2D eigenvalue weighted by Gasteiger charge is -2.34. The summed E-state index contributed by atoms with van der Waals surface area (Å²) >= 11 is 0. The molecule has 4 aromatic rings. The van der Waals surface area contributed by atoms with E-state index in [0.29, 0.717) is 61.2 Å². The molecule has 3 aromatic heterocycles. The molecule has 12 heteroatoms. The Bertz CT molecular complexity index is 1470. The minimum atomic E-state index is -4.39. The number of hydrogen-bond acceptors (Lipinski definition) is 7. The molecule has 0 radical (unpaired) electrons. The van der Waals surface area contributed by atoms with Crippen molar-refractivity contribution in [3.05, 3.63) is 71.8 Å². The first-order chi connectivity index (χ1) is 19.8. The van der Waals surface area contributed by atoms with Crippen molar-refractivity contribution in [1.82, 2.24) is 29.4 Å². The van der Waals surface area contributed by atoms with Crippen molar-refractivity contribution in [2.75, 3.05) is 36.4 Å². The summed E-state index contributed by atoms with van der Waals surface area (Å²) in [6.45, 7) is 7.27.